The molecule has 0 bridgehead atoms. The van der Waals surface area contributed by atoms with Gasteiger partial charge in [0.2, 0.25) is 5.88 Å². The highest BCUT2D eigenvalue weighted by atomic mass is 16.3. The van der Waals surface area contributed by atoms with Gasteiger partial charge in [0.1, 0.15) is 0 Å². The lowest BCUT2D eigenvalue weighted by molar-refractivity contribution is 0.367. The van der Waals surface area contributed by atoms with Crippen LogP contribution in [0.2, 0.25) is 0 Å². The van der Waals surface area contributed by atoms with Crippen molar-refractivity contribution in [3.63, 3.8) is 0 Å². The Morgan fingerprint density at radius 1 is 1.29 bits per heavy atom. The van der Waals surface area contributed by atoms with E-state index in [0.717, 1.165) is 17.8 Å². The fourth-order valence-electron chi connectivity index (χ4n) is 1.73. The Morgan fingerprint density at radius 2 is 1.86 bits per heavy atom. The molecule has 1 heterocycles. The third-order valence-electron chi connectivity index (χ3n) is 2.26. The summed E-state index contributed by atoms with van der Waals surface area (Å²) in [5.74, 6) is 1.17. The lowest BCUT2D eigenvalue weighted by Crippen LogP contribution is -2.05. The van der Waals surface area contributed by atoms with Gasteiger partial charge in [0.25, 0.3) is 0 Å². The van der Waals surface area contributed by atoms with E-state index >= 15 is 0 Å². The number of hydrogen-bond donors (Lipinski definition) is 1. The summed E-state index contributed by atoms with van der Waals surface area (Å²) in [6.07, 6.45) is 0. The topological polar surface area (TPSA) is 38.0 Å². The van der Waals surface area contributed by atoms with Crippen LogP contribution in [0.25, 0.3) is 0 Å². The maximum Gasteiger partial charge on any atom is 0.213 e. The van der Waals surface area contributed by atoms with Crippen molar-refractivity contribution in [3.05, 3.63) is 11.3 Å². The van der Waals surface area contributed by atoms with Gasteiger partial charge in [0, 0.05) is 12.1 Å². The average molecular weight is 196 g/mol. The van der Waals surface area contributed by atoms with Crippen molar-refractivity contribution in [2.24, 2.45) is 5.92 Å². The molecule has 0 unspecified atom stereocenters. The van der Waals surface area contributed by atoms with Crippen LogP contribution >= 0.6 is 0 Å². The first kappa shape index (κ1) is 11.1. The number of rotatable bonds is 3. The quantitative estimate of drug-likeness (QED) is 0.807. The number of hydrogen-bond acceptors (Lipinski definition) is 2. The van der Waals surface area contributed by atoms with Crippen LogP contribution in [0.5, 0.6) is 5.88 Å². The Hall–Kier alpha value is -0.990. The second-order valence-electron chi connectivity index (χ2n) is 4.55. The van der Waals surface area contributed by atoms with Crippen molar-refractivity contribution in [2.45, 2.75) is 47.1 Å². The zero-order valence-corrected chi connectivity index (χ0v) is 9.70. The molecule has 3 heteroatoms. The highest BCUT2D eigenvalue weighted by Gasteiger charge is 2.17. The van der Waals surface area contributed by atoms with Gasteiger partial charge in [-0.3, -0.25) is 0 Å². The second kappa shape index (κ2) is 4.03. The predicted molar refractivity (Wildman–Crippen MR) is 57.6 cm³/mol. The fourth-order valence-corrected chi connectivity index (χ4v) is 1.73. The molecule has 0 fully saturated rings. The summed E-state index contributed by atoms with van der Waals surface area (Å²) >= 11 is 0. The van der Waals surface area contributed by atoms with E-state index in [1.807, 2.05) is 6.92 Å². The van der Waals surface area contributed by atoms with Gasteiger partial charge in [0.05, 0.1) is 5.69 Å². The molecule has 0 radical (unpaired) electrons. The minimum Gasteiger partial charge on any atom is -0.493 e. The summed E-state index contributed by atoms with van der Waals surface area (Å²) < 4.78 is 1.70. The van der Waals surface area contributed by atoms with Crippen molar-refractivity contribution >= 4 is 0 Å². The van der Waals surface area contributed by atoms with Gasteiger partial charge in [-0.05, 0) is 18.8 Å². The molecule has 1 N–H and O–H groups in total. The lowest BCUT2D eigenvalue weighted by Gasteiger charge is -2.07. The van der Waals surface area contributed by atoms with Crippen LogP contribution in [-0.4, -0.2) is 14.9 Å². The molecule has 0 atom stereocenters. The van der Waals surface area contributed by atoms with E-state index < -0.39 is 0 Å². The smallest absolute Gasteiger partial charge is 0.213 e. The third kappa shape index (κ3) is 2.08. The Kier molecular flexibility index (Phi) is 3.19. The van der Waals surface area contributed by atoms with Crippen LogP contribution in [0.3, 0.4) is 0 Å². The molecular weight excluding hydrogens is 176 g/mol. The molecule has 0 aromatic carbocycles. The molecular formula is C11H20N2O. The molecule has 1 aromatic rings. The first-order valence-electron chi connectivity index (χ1n) is 5.19. The van der Waals surface area contributed by atoms with Gasteiger partial charge < -0.3 is 5.11 Å². The molecule has 1 rings (SSSR count). The van der Waals surface area contributed by atoms with Gasteiger partial charge in [-0.2, -0.15) is 5.10 Å². The first-order chi connectivity index (χ1) is 6.43. The molecule has 80 valence electrons. The monoisotopic (exact) mass is 196 g/mol. The Labute approximate surface area is 85.8 Å². The summed E-state index contributed by atoms with van der Waals surface area (Å²) in [5, 5.41) is 14.3. The average Bonchev–Trinajstić information content (AvgIpc) is 2.25. The van der Waals surface area contributed by atoms with Crippen molar-refractivity contribution in [1.82, 2.24) is 9.78 Å². The fraction of sp³-hybridized carbons (Fsp3) is 0.727. The number of aryl methyl sites for hydroxylation is 1. The van der Waals surface area contributed by atoms with Crippen molar-refractivity contribution in [3.8, 4) is 5.88 Å². The van der Waals surface area contributed by atoms with Crippen LogP contribution in [0, 0.1) is 12.8 Å². The van der Waals surface area contributed by atoms with Gasteiger partial charge in [0.15, 0.2) is 0 Å². The Morgan fingerprint density at radius 3 is 2.21 bits per heavy atom. The maximum absolute atomic E-state index is 9.93. The third-order valence-corrected chi connectivity index (χ3v) is 2.26. The van der Waals surface area contributed by atoms with Crippen LogP contribution in [0.15, 0.2) is 0 Å². The van der Waals surface area contributed by atoms with E-state index in [9.17, 15) is 5.11 Å². The molecule has 3 nitrogen and oxygen atoms in total. The predicted octanol–water partition coefficient (Wildman–Crippen LogP) is 2.68. The molecule has 0 aliphatic rings. The Bertz CT molecular complexity index is 313. The molecule has 0 aliphatic heterocycles. The van der Waals surface area contributed by atoms with E-state index in [4.69, 9.17) is 0 Å². The van der Waals surface area contributed by atoms with Crippen LogP contribution < -0.4 is 0 Å². The van der Waals surface area contributed by atoms with Gasteiger partial charge in [-0.25, -0.2) is 4.68 Å². The summed E-state index contributed by atoms with van der Waals surface area (Å²) in [6, 6.07) is 0. The normalized spacial score (nSPS) is 11.6. The zero-order chi connectivity index (χ0) is 10.9. The van der Waals surface area contributed by atoms with Crippen LogP contribution in [-0.2, 0) is 6.54 Å². The van der Waals surface area contributed by atoms with E-state index in [1.54, 1.807) is 4.68 Å². The summed E-state index contributed by atoms with van der Waals surface area (Å²) in [5.41, 5.74) is 1.92. The standard InChI is InChI=1S/C11H20N2O/c1-7(2)6-13-11(14)10(8(3)4)9(5)12-13/h7-8,14H,6H2,1-5H3. The summed E-state index contributed by atoms with van der Waals surface area (Å²) in [4.78, 5) is 0. The Balaban J connectivity index is 3.04. The maximum atomic E-state index is 9.93. The van der Waals surface area contributed by atoms with Crippen molar-refractivity contribution in [1.29, 1.82) is 0 Å². The van der Waals surface area contributed by atoms with Crippen LogP contribution in [0.1, 0.15) is 44.9 Å². The van der Waals surface area contributed by atoms with E-state index in [1.165, 1.54) is 0 Å². The SMILES string of the molecule is Cc1nn(CC(C)C)c(O)c1C(C)C. The summed E-state index contributed by atoms with van der Waals surface area (Å²) in [6.45, 7) is 11.1. The molecule has 14 heavy (non-hydrogen) atoms. The number of nitrogens with zero attached hydrogens (tertiary/aromatic N) is 2. The molecule has 0 aliphatic carbocycles. The van der Waals surface area contributed by atoms with Crippen molar-refractivity contribution < 1.29 is 5.11 Å². The summed E-state index contributed by atoms with van der Waals surface area (Å²) in [7, 11) is 0. The highest BCUT2D eigenvalue weighted by molar-refractivity contribution is 5.32. The molecule has 0 amide bonds. The second-order valence-corrected chi connectivity index (χ2v) is 4.55. The largest absolute Gasteiger partial charge is 0.493 e. The minimum absolute atomic E-state index is 0.330. The number of aromatic hydroxyl groups is 1. The van der Waals surface area contributed by atoms with Gasteiger partial charge >= 0.3 is 0 Å². The van der Waals surface area contributed by atoms with E-state index in [-0.39, 0.29) is 0 Å². The van der Waals surface area contributed by atoms with Crippen LogP contribution in [0.4, 0.5) is 0 Å². The first-order valence-corrected chi connectivity index (χ1v) is 5.19. The van der Waals surface area contributed by atoms with Gasteiger partial charge in [-0.15, -0.1) is 0 Å². The highest BCUT2D eigenvalue weighted by Crippen LogP contribution is 2.28. The lowest BCUT2D eigenvalue weighted by atomic mass is 10.0. The molecule has 0 spiro atoms. The zero-order valence-electron chi connectivity index (χ0n) is 9.70. The molecule has 0 saturated carbocycles. The molecule has 1 aromatic heterocycles. The molecule has 0 saturated heterocycles. The minimum atomic E-state index is 0.330. The van der Waals surface area contributed by atoms with Crippen molar-refractivity contribution in [2.75, 3.05) is 0 Å². The van der Waals surface area contributed by atoms with E-state index in [2.05, 4.69) is 32.8 Å². The number of aromatic nitrogens is 2. The van der Waals surface area contributed by atoms with E-state index in [0.29, 0.717) is 17.7 Å². The van der Waals surface area contributed by atoms with Gasteiger partial charge in [-0.1, -0.05) is 27.7 Å².